The highest BCUT2D eigenvalue weighted by atomic mass is 35.5. The van der Waals surface area contributed by atoms with E-state index in [4.69, 9.17) is 0 Å². The van der Waals surface area contributed by atoms with Gasteiger partial charge >= 0.3 is 0 Å². The van der Waals surface area contributed by atoms with Crippen molar-refractivity contribution < 1.29 is 21.2 Å². The molecule has 1 aliphatic carbocycles. The molecule has 112 valence electrons. The molecule has 2 aromatic rings. The topological polar surface area (TPSA) is 3.24 Å². The number of benzene rings is 2. The molecule has 0 heterocycles. The van der Waals surface area contributed by atoms with Gasteiger partial charge in [-0.3, -0.25) is 0 Å². The second kappa shape index (κ2) is 6.12. The average Bonchev–Trinajstić information content (AvgIpc) is 2.78. The van der Waals surface area contributed by atoms with Crippen molar-refractivity contribution in [3.63, 3.8) is 0 Å². The Morgan fingerprint density at radius 3 is 2.14 bits per heavy atom. The molecule has 0 spiro atoms. The summed E-state index contributed by atoms with van der Waals surface area (Å²) < 4.78 is 26.6. The van der Waals surface area contributed by atoms with E-state index in [-0.39, 0.29) is 36.0 Å². The maximum atomic E-state index is 13.5. The van der Waals surface area contributed by atoms with Gasteiger partial charge in [0.05, 0.1) is 0 Å². The van der Waals surface area contributed by atoms with Crippen LogP contribution in [0.1, 0.15) is 35.1 Å². The zero-order chi connectivity index (χ0) is 14.3. The molecule has 2 atom stereocenters. The summed E-state index contributed by atoms with van der Waals surface area (Å²) in [5.74, 6) is -0.218. The van der Waals surface area contributed by atoms with Gasteiger partial charge in [0.15, 0.2) is 0 Å². The van der Waals surface area contributed by atoms with Crippen LogP contribution in [0.25, 0.3) is 0 Å². The molecule has 0 aromatic heterocycles. The predicted molar refractivity (Wildman–Crippen MR) is 75.7 cm³/mol. The molecule has 0 fully saturated rings. The van der Waals surface area contributed by atoms with Gasteiger partial charge in [0.25, 0.3) is 0 Å². The van der Waals surface area contributed by atoms with Crippen LogP contribution in [0.5, 0.6) is 0 Å². The van der Waals surface area contributed by atoms with Crippen molar-refractivity contribution in [3.05, 3.63) is 70.8 Å². The minimum Gasteiger partial charge on any atom is -1.00 e. The number of hydrogen-bond donors (Lipinski definition) is 0. The van der Waals surface area contributed by atoms with Gasteiger partial charge in [0.1, 0.15) is 11.6 Å². The molecule has 0 amide bonds. The molecular formula is C17H17ClF2N-. The zero-order valence-corrected chi connectivity index (χ0v) is 12.7. The smallest absolute Gasteiger partial charge is 0.123 e. The Hall–Kier alpha value is -1.45. The van der Waals surface area contributed by atoms with Crippen LogP contribution in [0.4, 0.5) is 8.78 Å². The first-order chi connectivity index (χ1) is 9.56. The van der Waals surface area contributed by atoms with Crippen LogP contribution in [0.3, 0.4) is 0 Å². The highest BCUT2D eigenvalue weighted by molar-refractivity contribution is 5.44. The normalized spacial score (nSPS) is 20.2. The Labute approximate surface area is 130 Å². The Balaban J connectivity index is 0.00000161. The molecule has 0 bridgehead atoms. The van der Waals surface area contributed by atoms with E-state index in [9.17, 15) is 8.78 Å². The Morgan fingerprint density at radius 1 is 0.905 bits per heavy atom. The molecule has 0 saturated heterocycles. The third kappa shape index (κ3) is 2.94. The second-order valence-corrected chi connectivity index (χ2v) is 5.59. The minimum absolute atomic E-state index is 0. The molecule has 1 nitrogen and oxygen atoms in total. The summed E-state index contributed by atoms with van der Waals surface area (Å²) in [6.07, 6.45) is 0.900. The lowest BCUT2D eigenvalue weighted by Crippen LogP contribution is -3.00. The summed E-state index contributed by atoms with van der Waals surface area (Å²) in [6, 6.07) is 11.8. The fourth-order valence-electron chi connectivity index (χ4n) is 3.13. The lowest BCUT2D eigenvalue weighted by atomic mass is 9.93. The number of nitrogens with zero attached hydrogens (tertiary/aromatic N) is 1. The molecule has 3 rings (SSSR count). The fourth-order valence-corrected chi connectivity index (χ4v) is 3.13. The standard InChI is InChI=1S/C17H17F2N.ClH/c1-20(2)17-10-15(11-3-5-12(18)6-4-11)14-8-7-13(19)9-16(14)17;/h3-9,15,17H,10H2,1-2H3;1H/p-1. The first kappa shape index (κ1) is 15.9. The molecule has 4 heteroatoms. The van der Waals surface area contributed by atoms with Crippen LogP contribution >= 0.6 is 0 Å². The van der Waals surface area contributed by atoms with E-state index < -0.39 is 0 Å². The number of fused-ring (bicyclic) bond motifs is 1. The molecule has 2 aromatic carbocycles. The van der Waals surface area contributed by atoms with Crippen LogP contribution in [0.15, 0.2) is 42.5 Å². The van der Waals surface area contributed by atoms with Gasteiger partial charge in [0.2, 0.25) is 0 Å². The van der Waals surface area contributed by atoms with Crippen LogP contribution in [-0.4, -0.2) is 19.0 Å². The molecular weight excluding hydrogens is 292 g/mol. The summed E-state index contributed by atoms with van der Waals surface area (Å²) in [6.45, 7) is 0. The van der Waals surface area contributed by atoms with Gasteiger partial charge in [-0.05, 0) is 61.5 Å². The second-order valence-electron chi connectivity index (χ2n) is 5.59. The molecule has 1 aliphatic rings. The monoisotopic (exact) mass is 308 g/mol. The number of hydrogen-bond acceptors (Lipinski definition) is 1. The molecule has 0 radical (unpaired) electrons. The van der Waals surface area contributed by atoms with Crippen molar-refractivity contribution >= 4 is 0 Å². The summed E-state index contributed by atoms with van der Waals surface area (Å²) in [4.78, 5) is 2.11. The van der Waals surface area contributed by atoms with Crippen LogP contribution in [-0.2, 0) is 0 Å². The average molecular weight is 309 g/mol. The van der Waals surface area contributed by atoms with Crippen molar-refractivity contribution in [2.24, 2.45) is 0 Å². The third-order valence-corrected chi connectivity index (χ3v) is 4.14. The lowest BCUT2D eigenvalue weighted by molar-refractivity contribution is -0.00000531. The molecule has 0 saturated carbocycles. The van der Waals surface area contributed by atoms with Gasteiger partial charge in [0, 0.05) is 12.0 Å². The van der Waals surface area contributed by atoms with Crippen LogP contribution < -0.4 is 12.4 Å². The van der Waals surface area contributed by atoms with Gasteiger partial charge in [-0.1, -0.05) is 18.2 Å². The van der Waals surface area contributed by atoms with E-state index in [1.54, 1.807) is 6.07 Å². The predicted octanol–water partition coefficient (Wildman–Crippen LogP) is 1.11. The first-order valence-corrected chi connectivity index (χ1v) is 6.77. The van der Waals surface area contributed by atoms with E-state index in [2.05, 4.69) is 4.90 Å². The summed E-state index contributed by atoms with van der Waals surface area (Å²) in [5, 5.41) is 0. The third-order valence-electron chi connectivity index (χ3n) is 4.14. The zero-order valence-electron chi connectivity index (χ0n) is 12.0. The van der Waals surface area contributed by atoms with Crippen molar-refractivity contribution in [2.75, 3.05) is 14.1 Å². The summed E-state index contributed by atoms with van der Waals surface area (Å²) >= 11 is 0. The number of rotatable bonds is 2. The van der Waals surface area contributed by atoms with Gasteiger partial charge in [-0.15, -0.1) is 0 Å². The molecule has 21 heavy (non-hydrogen) atoms. The Bertz CT molecular complexity index is 625. The number of halogens is 3. The van der Waals surface area contributed by atoms with Crippen molar-refractivity contribution in [1.29, 1.82) is 0 Å². The largest absolute Gasteiger partial charge is 1.00 e. The lowest BCUT2D eigenvalue weighted by Gasteiger charge is -2.20. The summed E-state index contributed by atoms with van der Waals surface area (Å²) in [7, 11) is 4.01. The van der Waals surface area contributed by atoms with Gasteiger partial charge in [-0.25, -0.2) is 8.78 Å². The highest BCUT2D eigenvalue weighted by Gasteiger charge is 2.33. The van der Waals surface area contributed by atoms with Crippen LogP contribution in [0, 0.1) is 11.6 Å². The maximum absolute atomic E-state index is 13.5. The van der Waals surface area contributed by atoms with E-state index in [0.29, 0.717) is 0 Å². The van der Waals surface area contributed by atoms with Crippen molar-refractivity contribution in [1.82, 2.24) is 4.90 Å². The van der Waals surface area contributed by atoms with E-state index >= 15 is 0 Å². The van der Waals surface area contributed by atoms with E-state index in [1.165, 1.54) is 18.2 Å². The SMILES string of the molecule is CN(C)C1CC(c2ccc(F)cc2)c2ccc(F)cc21.[Cl-]. The summed E-state index contributed by atoms with van der Waals surface area (Å²) in [5.41, 5.74) is 3.28. The first-order valence-electron chi connectivity index (χ1n) is 6.77. The minimum atomic E-state index is -0.227. The van der Waals surface area contributed by atoms with Crippen LogP contribution in [0.2, 0.25) is 0 Å². The molecule has 0 aliphatic heterocycles. The quantitative estimate of drug-likeness (QED) is 0.803. The van der Waals surface area contributed by atoms with E-state index in [0.717, 1.165) is 23.1 Å². The molecule has 0 N–H and O–H groups in total. The maximum Gasteiger partial charge on any atom is 0.123 e. The Morgan fingerprint density at radius 2 is 1.52 bits per heavy atom. The van der Waals surface area contributed by atoms with E-state index in [1.807, 2.05) is 32.3 Å². The van der Waals surface area contributed by atoms with Crippen molar-refractivity contribution in [3.8, 4) is 0 Å². The van der Waals surface area contributed by atoms with Crippen molar-refractivity contribution in [2.45, 2.75) is 18.4 Å². The van der Waals surface area contributed by atoms with Gasteiger partial charge < -0.3 is 17.3 Å². The fraction of sp³-hybridized carbons (Fsp3) is 0.294. The Kier molecular flexibility index (Phi) is 4.64. The van der Waals surface area contributed by atoms with Gasteiger partial charge in [-0.2, -0.15) is 0 Å². The highest BCUT2D eigenvalue weighted by Crippen LogP contribution is 2.46. The molecule has 2 unspecified atom stereocenters.